The summed E-state index contributed by atoms with van der Waals surface area (Å²) in [5.74, 6) is 0. The molecular formula is H5O10V. The molecule has 0 radical (unpaired) electrons. The molecule has 0 spiro atoms. The molecule has 0 aliphatic rings. The van der Waals surface area contributed by atoms with Gasteiger partial charge in [-0.25, -0.2) is 0 Å². The SMILES string of the molecule is [O-]O.[O-]O.[O-]O.[O-]O.[O-]O.[V+5]. The van der Waals surface area contributed by atoms with E-state index in [9.17, 15) is 0 Å². The van der Waals surface area contributed by atoms with Crippen LogP contribution in [0.15, 0.2) is 0 Å². The van der Waals surface area contributed by atoms with Crippen LogP contribution in [0, 0.1) is 0 Å². The van der Waals surface area contributed by atoms with Crippen LogP contribution in [0.25, 0.3) is 0 Å². The van der Waals surface area contributed by atoms with E-state index in [0.717, 1.165) is 0 Å². The second-order valence-electron chi connectivity index (χ2n) is 0. The van der Waals surface area contributed by atoms with Gasteiger partial charge in [-0.3, -0.25) is 0 Å². The van der Waals surface area contributed by atoms with Crippen LogP contribution in [0.2, 0.25) is 0 Å². The molecule has 0 aliphatic carbocycles. The maximum absolute atomic E-state index is 7.25. The van der Waals surface area contributed by atoms with Crippen molar-refractivity contribution in [1.82, 2.24) is 0 Å². The van der Waals surface area contributed by atoms with Crippen LogP contribution < -0.4 is 26.3 Å². The van der Waals surface area contributed by atoms with E-state index in [-0.39, 0.29) is 18.6 Å². The molecule has 0 unspecified atom stereocenters. The van der Waals surface area contributed by atoms with Crippen LogP contribution in [0.1, 0.15) is 0 Å². The number of hydrogen-bond acceptors (Lipinski definition) is 10. The monoisotopic (exact) mass is 216 g/mol. The second-order valence-corrected chi connectivity index (χ2v) is 0. The van der Waals surface area contributed by atoms with Crippen molar-refractivity contribution in [3.63, 3.8) is 0 Å². The molecule has 0 bridgehead atoms. The summed E-state index contributed by atoms with van der Waals surface area (Å²) in [7, 11) is 0. The fourth-order valence-electron chi connectivity index (χ4n) is 0. The maximum atomic E-state index is 7.25. The number of rotatable bonds is 0. The van der Waals surface area contributed by atoms with Crippen LogP contribution in [0.4, 0.5) is 0 Å². The van der Waals surface area contributed by atoms with Crippen molar-refractivity contribution in [2.75, 3.05) is 0 Å². The molecule has 11 heavy (non-hydrogen) atoms. The predicted molar refractivity (Wildman–Crippen MR) is 13.1 cm³/mol. The van der Waals surface area contributed by atoms with Gasteiger partial charge in [-0.15, -0.1) is 0 Å². The van der Waals surface area contributed by atoms with E-state index >= 15 is 0 Å². The van der Waals surface area contributed by atoms with Crippen molar-refractivity contribution >= 4 is 0 Å². The summed E-state index contributed by atoms with van der Waals surface area (Å²) in [5.41, 5.74) is 0. The first kappa shape index (κ1) is 43.2. The first-order chi connectivity index (χ1) is 5.00. The standard InChI is InChI=1S/5H2O2.V/c5*1-2;/h5*1-2H;/q;;;;;+5/p-5. The fraction of sp³-hybridized carbons (Fsp3) is 0. The first-order valence-electron chi connectivity index (χ1n) is 0.913. The molecule has 0 heterocycles. The zero-order valence-corrected chi connectivity index (χ0v) is 6.12. The predicted octanol–water partition coefficient (Wildman–Crippen LogP) is -5.90. The summed E-state index contributed by atoms with van der Waals surface area (Å²) in [6, 6.07) is 0. The van der Waals surface area contributed by atoms with Gasteiger partial charge in [0.25, 0.3) is 0 Å². The Labute approximate surface area is 72.0 Å². The largest absolute Gasteiger partial charge is 5.00 e. The average molecular weight is 216 g/mol. The normalized spacial score (nSPS) is 2.73. The van der Waals surface area contributed by atoms with Crippen molar-refractivity contribution in [1.29, 1.82) is 0 Å². The van der Waals surface area contributed by atoms with E-state index in [2.05, 4.69) is 0 Å². The Morgan fingerprint density at radius 1 is 0.364 bits per heavy atom. The molecule has 0 saturated carbocycles. The molecule has 0 fully saturated rings. The molecule has 0 aromatic rings. The summed E-state index contributed by atoms with van der Waals surface area (Å²) in [6.07, 6.45) is 0. The Morgan fingerprint density at radius 3 is 0.364 bits per heavy atom. The molecule has 0 aromatic carbocycles. The zero-order chi connectivity index (χ0) is 10.0. The zero-order valence-electron chi connectivity index (χ0n) is 4.72. The molecule has 0 rings (SSSR count). The minimum atomic E-state index is 0. The van der Waals surface area contributed by atoms with Crippen LogP contribution in [-0.4, -0.2) is 26.3 Å². The molecule has 11 heteroatoms. The molecule has 0 saturated heterocycles. The van der Waals surface area contributed by atoms with Gasteiger partial charge in [-0.1, -0.05) is 0 Å². The van der Waals surface area contributed by atoms with Crippen LogP contribution in [0.3, 0.4) is 0 Å². The van der Waals surface area contributed by atoms with Gasteiger partial charge in [0, 0.05) is 0 Å². The fourth-order valence-corrected chi connectivity index (χ4v) is 0. The molecule has 0 aliphatic heterocycles. The third kappa shape index (κ3) is 20100. The van der Waals surface area contributed by atoms with Gasteiger partial charge in [0.2, 0.25) is 0 Å². The van der Waals surface area contributed by atoms with E-state index < -0.39 is 0 Å². The minimum Gasteiger partial charge on any atom is -0.727 e. The molecule has 0 atom stereocenters. The van der Waals surface area contributed by atoms with Crippen LogP contribution in [0.5, 0.6) is 0 Å². The van der Waals surface area contributed by atoms with Crippen molar-refractivity contribution in [2.24, 2.45) is 0 Å². The van der Waals surface area contributed by atoms with Crippen molar-refractivity contribution in [2.45, 2.75) is 0 Å². The molecular weight excluding hydrogens is 211 g/mol. The van der Waals surface area contributed by atoms with E-state index in [1.165, 1.54) is 0 Å². The smallest absolute Gasteiger partial charge is 0.727 e. The van der Waals surface area contributed by atoms with E-state index in [1.807, 2.05) is 0 Å². The summed E-state index contributed by atoms with van der Waals surface area (Å²) in [6.45, 7) is 0. The molecule has 5 N–H and O–H groups in total. The van der Waals surface area contributed by atoms with E-state index in [0.29, 0.717) is 0 Å². The quantitative estimate of drug-likeness (QED) is 0.190. The Bertz CT molecular complexity index is 4.83. The van der Waals surface area contributed by atoms with Gasteiger partial charge in [0.15, 0.2) is 0 Å². The van der Waals surface area contributed by atoms with Gasteiger partial charge >= 0.3 is 18.6 Å². The second kappa shape index (κ2) is 25300. The molecule has 10 nitrogen and oxygen atoms in total. The van der Waals surface area contributed by atoms with Gasteiger partial charge in [0.05, 0.1) is 0 Å². The van der Waals surface area contributed by atoms with E-state index in [1.54, 1.807) is 0 Å². The minimum absolute atomic E-state index is 0. The third-order valence-electron chi connectivity index (χ3n) is 0. The van der Waals surface area contributed by atoms with Crippen molar-refractivity contribution in [3.05, 3.63) is 0 Å². The first-order valence-corrected chi connectivity index (χ1v) is 0.913. The summed E-state index contributed by atoms with van der Waals surface area (Å²) < 4.78 is 0. The summed E-state index contributed by atoms with van der Waals surface area (Å²) in [5, 5.41) is 65.0. The maximum Gasteiger partial charge on any atom is 5.00 e. The molecule has 0 aromatic heterocycles. The Kier molecular flexibility index (Phi) is 99100. The van der Waals surface area contributed by atoms with Gasteiger partial charge < -0.3 is 52.6 Å². The Morgan fingerprint density at radius 2 is 0.364 bits per heavy atom. The third-order valence-corrected chi connectivity index (χ3v) is 0. The van der Waals surface area contributed by atoms with E-state index in [4.69, 9.17) is 52.6 Å². The molecule has 70 valence electrons. The van der Waals surface area contributed by atoms with Crippen molar-refractivity contribution < 1.29 is 71.1 Å². The van der Waals surface area contributed by atoms with Gasteiger partial charge in [-0.05, 0) is 0 Å². The summed E-state index contributed by atoms with van der Waals surface area (Å²) >= 11 is 0. The topological polar surface area (TPSA) is 216 Å². The molecule has 0 amide bonds. The van der Waals surface area contributed by atoms with Crippen LogP contribution in [-0.2, 0) is 18.6 Å². The Hall–Kier alpha value is 0.184. The number of hydrogen-bond donors (Lipinski definition) is 5. The van der Waals surface area contributed by atoms with Gasteiger partial charge in [0.1, 0.15) is 0 Å². The van der Waals surface area contributed by atoms with Gasteiger partial charge in [-0.2, -0.15) is 0 Å². The van der Waals surface area contributed by atoms with Crippen LogP contribution >= 0.6 is 0 Å². The average Bonchev–Trinajstić information content (AvgIpc) is 2.20. The van der Waals surface area contributed by atoms with Crippen molar-refractivity contribution in [3.8, 4) is 0 Å². The Balaban J connectivity index is -0.00000000694. The summed E-state index contributed by atoms with van der Waals surface area (Å²) in [4.78, 5) is 0.